The SMILES string of the molecule is CC(C)(C=C(C#N)C(=O)N1CCCC1Cn1nc(-c2ccc(Oc3ccccc3)cc2F)c2c(N)ncnc21)N1CCN(C2COC2)CC1. The first-order valence-electron chi connectivity index (χ1n) is 16.7. The van der Waals surface area contributed by atoms with Crippen LogP contribution in [0.2, 0.25) is 0 Å². The number of aromatic nitrogens is 4. The van der Waals surface area contributed by atoms with Crippen molar-refractivity contribution in [1.82, 2.24) is 34.4 Å². The summed E-state index contributed by atoms with van der Waals surface area (Å²) in [5, 5.41) is 15.4. The molecule has 1 amide bonds. The number of nitrogens with zero attached hydrogens (tertiary/aromatic N) is 8. The second-order valence-corrected chi connectivity index (χ2v) is 13.4. The Bertz CT molecular complexity index is 1910. The maximum atomic E-state index is 15.6. The van der Waals surface area contributed by atoms with E-state index in [1.807, 2.05) is 24.3 Å². The van der Waals surface area contributed by atoms with Gasteiger partial charge in [0.05, 0.1) is 37.2 Å². The molecular formula is C36H40FN9O3. The lowest BCUT2D eigenvalue weighted by atomic mass is 9.97. The number of nitrogen functional groups attached to an aromatic ring is 1. The molecule has 2 N–H and O–H groups in total. The van der Waals surface area contributed by atoms with Gasteiger partial charge in [0.2, 0.25) is 0 Å². The number of carbonyl (C=O) groups excluding carboxylic acids is 1. The average molecular weight is 666 g/mol. The Morgan fingerprint density at radius 1 is 1.10 bits per heavy atom. The van der Waals surface area contributed by atoms with Crippen LogP contribution in [0.5, 0.6) is 11.5 Å². The van der Waals surface area contributed by atoms with E-state index in [-0.39, 0.29) is 28.9 Å². The van der Waals surface area contributed by atoms with Crippen LogP contribution in [0.25, 0.3) is 22.3 Å². The Labute approximate surface area is 284 Å². The molecule has 254 valence electrons. The van der Waals surface area contributed by atoms with Gasteiger partial charge in [-0.3, -0.25) is 14.6 Å². The Kier molecular flexibility index (Phi) is 9.02. The molecule has 4 aromatic rings. The average Bonchev–Trinajstić information content (AvgIpc) is 3.69. The number of carbonyl (C=O) groups is 1. The number of rotatable bonds is 9. The van der Waals surface area contributed by atoms with Gasteiger partial charge in [-0.25, -0.2) is 19.0 Å². The van der Waals surface area contributed by atoms with Crippen molar-refractivity contribution in [1.29, 1.82) is 5.26 Å². The molecule has 3 saturated heterocycles. The normalized spacial score (nSPS) is 19.6. The van der Waals surface area contributed by atoms with Crippen LogP contribution >= 0.6 is 0 Å². The number of halogens is 1. The topological polar surface area (TPSA) is 139 Å². The molecule has 2 aromatic heterocycles. The van der Waals surface area contributed by atoms with E-state index in [1.54, 1.807) is 33.8 Å². The smallest absolute Gasteiger partial charge is 0.264 e. The van der Waals surface area contributed by atoms with Crippen molar-refractivity contribution in [3.05, 3.63) is 72.3 Å². The summed E-state index contributed by atoms with van der Waals surface area (Å²) in [6, 6.07) is 16.2. The largest absolute Gasteiger partial charge is 0.457 e. The van der Waals surface area contributed by atoms with Crippen LogP contribution in [0.3, 0.4) is 0 Å². The van der Waals surface area contributed by atoms with Crippen molar-refractivity contribution in [3.8, 4) is 28.8 Å². The molecule has 2 aromatic carbocycles. The van der Waals surface area contributed by atoms with Crippen LogP contribution in [0, 0.1) is 17.1 Å². The minimum atomic E-state index is -0.536. The quantitative estimate of drug-likeness (QED) is 0.204. The first-order chi connectivity index (χ1) is 23.7. The van der Waals surface area contributed by atoms with Crippen LogP contribution in [0.4, 0.5) is 10.2 Å². The highest BCUT2D eigenvalue weighted by atomic mass is 19.1. The van der Waals surface area contributed by atoms with Crippen molar-refractivity contribution >= 4 is 22.8 Å². The van der Waals surface area contributed by atoms with Gasteiger partial charge in [-0.2, -0.15) is 10.4 Å². The highest BCUT2D eigenvalue weighted by Gasteiger charge is 2.36. The van der Waals surface area contributed by atoms with Gasteiger partial charge in [-0.15, -0.1) is 0 Å². The first-order valence-corrected chi connectivity index (χ1v) is 16.7. The monoisotopic (exact) mass is 665 g/mol. The van der Waals surface area contributed by atoms with Crippen molar-refractivity contribution in [2.75, 3.05) is 51.7 Å². The predicted molar refractivity (Wildman–Crippen MR) is 182 cm³/mol. The van der Waals surface area contributed by atoms with E-state index < -0.39 is 11.4 Å². The number of ether oxygens (including phenoxy) is 2. The maximum absolute atomic E-state index is 15.6. The van der Waals surface area contributed by atoms with Gasteiger partial charge in [0.15, 0.2) is 5.65 Å². The number of likely N-dealkylation sites (tertiary alicyclic amines) is 1. The molecule has 3 aliphatic rings. The van der Waals surface area contributed by atoms with E-state index >= 15 is 4.39 Å². The highest BCUT2D eigenvalue weighted by molar-refractivity contribution is 5.99. The van der Waals surface area contributed by atoms with Gasteiger partial charge in [-0.05, 0) is 57.0 Å². The fourth-order valence-corrected chi connectivity index (χ4v) is 7.05. The third-order valence-corrected chi connectivity index (χ3v) is 9.87. The summed E-state index contributed by atoms with van der Waals surface area (Å²) in [7, 11) is 0. The number of amides is 1. The van der Waals surface area contributed by atoms with Gasteiger partial charge in [0.25, 0.3) is 5.91 Å². The second kappa shape index (κ2) is 13.5. The van der Waals surface area contributed by atoms with Gasteiger partial charge in [0, 0.05) is 49.9 Å². The third-order valence-electron chi connectivity index (χ3n) is 9.87. The number of piperazine rings is 1. The maximum Gasteiger partial charge on any atom is 0.264 e. The van der Waals surface area contributed by atoms with Crippen LogP contribution in [-0.4, -0.2) is 104 Å². The molecular weight excluding hydrogens is 625 g/mol. The summed E-state index contributed by atoms with van der Waals surface area (Å²) in [4.78, 5) is 29.1. The van der Waals surface area contributed by atoms with Crippen molar-refractivity contribution in [3.63, 3.8) is 0 Å². The third kappa shape index (κ3) is 6.59. The molecule has 1 unspecified atom stereocenters. The zero-order chi connectivity index (χ0) is 34.1. The number of para-hydroxylation sites is 1. The Hall–Kier alpha value is -4.90. The molecule has 0 radical (unpaired) electrons. The summed E-state index contributed by atoms with van der Waals surface area (Å²) < 4.78 is 28.5. The molecule has 13 heteroatoms. The highest BCUT2D eigenvalue weighted by Crippen LogP contribution is 2.35. The lowest BCUT2D eigenvalue weighted by Gasteiger charge is -2.46. The van der Waals surface area contributed by atoms with Gasteiger partial charge in [0.1, 0.15) is 46.8 Å². The minimum absolute atomic E-state index is 0.129. The minimum Gasteiger partial charge on any atom is -0.457 e. The van der Waals surface area contributed by atoms with E-state index in [2.05, 4.69) is 39.7 Å². The molecule has 0 aliphatic carbocycles. The number of benzene rings is 2. The van der Waals surface area contributed by atoms with Crippen LogP contribution in [0.1, 0.15) is 26.7 Å². The van der Waals surface area contributed by atoms with Crippen LogP contribution in [-0.2, 0) is 16.1 Å². The number of nitriles is 1. The summed E-state index contributed by atoms with van der Waals surface area (Å²) in [5.41, 5.74) is 6.93. The van der Waals surface area contributed by atoms with E-state index in [4.69, 9.17) is 20.3 Å². The number of anilines is 1. The summed E-state index contributed by atoms with van der Waals surface area (Å²) >= 11 is 0. The Balaban J connectivity index is 1.11. The molecule has 3 fully saturated rings. The standard InChI is InChI=1S/C36H40FN9O3/c1-36(2,44-15-13-43(14-16-44)26-21-48-22-26)18-24(19-38)35(47)45-12-6-7-25(45)20-46-34-31(33(39)40-23-41-34)32(42-46)29-11-10-28(17-30(29)37)49-27-8-4-3-5-9-27/h3-5,8-11,17-18,23,25-26H,6-7,12-16,20-22H2,1-2H3,(H2,39,40,41). The summed E-state index contributed by atoms with van der Waals surface area (Å²) in [6.45, 7) is 10.1. The fourth-order valence-electron chi connectivity index (χ4n) is 7.05. The van der Waals surface area contributed by atoms with E-state index in [1.165, 1.54) is 12.4 Å². The molecule has 3 aliphatic heterocycles. The van der Waals surface area contributed by atoms with E-state index in [0.29, 0.717) is 47.4 Å². The summed E-state index contributed by atoms with van der Waals surface area (Å²) in [5.74, 6) is 0.276. The molecule has 49 heavy (non-hydrogen) atoms. The van der Waals surface area contributed by atoms with Crippen molar-refractivity contribution in [2.45, 2.75) is 50.9 Å². The lowest BCUT2D eigenvalue weighted by Crippen LogP contribution is -2.59. The molecule has 1 atom stereocenters. The molecule has 0 spiro atoms. The molecule has 0 bridgehead atoms. The second-order valence-electron chi connectivity index (χ2n) is 13.4. The number of nitrogens with two attached hydrogens (primary N) is 1. The predicted octanol–water partition coefficient (Wildman–Crippen LogP) is 4.24. The zero-order valence-electron chi connectivity index (χ0n) is 27.8. The molecule has 5 heterocycles. The van der Waals surface area contributed by atoms with E-state index in [9.17, 15) is 10.1 Å². The fraction of sp³-hybridized carbons (Fsp3) is 0.417. The van der Waals surface area contributed by atoms with Gasteiger partial charge in [-0.1, -0.05) is 18.2 Å². The summed E-state index contributed by atoms with van der Waals surface area (Å²) in [6.07, 6.45) is 4.67. The first kappa shape index (κ1) is 32.6. The number of hydrogen-bond acceptors (Lipinski definition) is 10. The molecule has 12 nitrogen and oxygen atoms in total. The number of hydrogen-bond donors (Lipinski definition) is 1. The van der Waals surface area contributed by atoms with Crippen molar-refractivity contribution in [2.24, 2.45) is 0 Å². The van der Waals surface area contributed by atoms with Crippen LogP contribution < -0.4 is 10.5 Å². The van der Waals surface area contributed by atoms with Crippen LogP contribution in [0.15, 0.2) is 66.5 Å². The molecule has 7 rings (SSSR count). The van der Waals surface area contributed by atoms with Gasteiger partial charge < -0.3 is 20.1 Å². The van der Waals surface area contributed by atoms with Crippen molar-refractivity contribution < 1.29 is 18.7 Å². The number of fused-ring (bicyclic) bond motifs is 1. The lowest BCUT2D eigenvalue weighted by molar-refractivity contribution is -0.127. The zero-order valence-corrected chi connectivity index (χ0v) is 27.8. The Morgan fingerprint density at radius 2 is 1.88 bits per heavy atom. The van der Waals surface area contributed by atoms with Gasteiger partial charge >= 0.3 is 0 Å². The van der Waals surface area contributed by atoms with E-state index in [0.717, 1.165) is 52.2 Å². The molecule has 0 saturated carbocycles. The Morgan fingerprint density at radius 3 is 2.57 bits per heavy atom.